The molecule has 0 unspecified atom stereocenters. The maximum atomic E-state index is 11.7. The number of nitrogens with zero attached hydrogens (tertiary/aromatic N) is 1. The summed E-state index contributed by atoms with van der Waals surface area (Å²) in [6.07, 6.45) is 1.67. The van der Waals surface area contributed by atoms with Gasteiger partial charge in [0, 0.05) is 23.8 Å². The average molecular weight is 280 g/mol. The van der Waals surface area contributed by atoms with Crippen LogP contribution < -0.4 is 5.32 Å². The molecule has 0 fully saturated rings. The third-order valence-corrected chi connectivity index (χ3v) is 3.08. The van der Waals surface area contributed by atoms with Crippen molar-refractivity contribution < 1.29 is 9.21 Å². The van der Waals surface area contributed by atoms with Crippen LogP contribution in [0.4, 0.5) is 0 Å². The van der Waals surface area contributed by atoms with Gasteiger partial charge in [0.1, 0.15) is 5.76 Å². The molecule has 1 aromatic rings. The smallest absolute Gasteiger partial charge is 0.225 e. The third kappa shape index (κ3) is 4.66. The quantitative estimate of drug-likeness (QED) is 0.860. The molecule has 0 aliphatic carbocycles. The van der Waals surface area contributed by atoms with Crippen molar-refractivity contribution >= 4 is 5.91 Å². The standard InChI is InChI=1S/C16H28N2O2/c1-11-12(20-14(18-11)16(5,6)7)9-8-10-17-13(19)15(2,3)4/h8-10H2,1-7H3,(H,17,19). The second-order valence-corrected chi connectivity index (χ2v) is 7.39. The van der Waals surface area contributed by atoms with E-state index in [1.165, 1.54) is 0 Å². The Bertz CT molecular complexity index is 462. The first-order valence-corrected chi connectivity index (χ1v) is 7.27. The van der Waals surface area contributed by atoms with E-state index < -0.39 is 0 Å². The van der Waals surface area contributed by atoms with Crippen LogP contribution in [0.15, 0.2) is 4.42 Å². The topological polar surface area (TPSA) is 55.1 Å². The number of carbonyl (C=O) groups is 1. The lowest BCUT2D eigenvalue weighted by Crippen LogP contribution is -2.35. The molecule has 0 bridgehead atoms. The number of carbonyl (C=O) groups excluding carboxylic acids is 1. The zero-order chi connectivity index (χ0) is 15.6. The predicted molar refractivity (Wildman–Crippen MR) is 80.7 cm³/mol. The normalized spacial score (nSPS) is 12.6. The molecule has 1 rings (SSSR count). The lowest BCUT2D eigenvalue weighted by molar-refractivity contribution is -0.128. The van der Waals surface area contributed by atoms with E-state index >= 15 is 0 Å². The van der Waals surface area contributed by atoms with Crippen molar-refractivity contribution in [1.82, 2.24) is 10.3 Å². The fraction of sp³-hybridized carbons (Fsp3) is 0.750. The van der Waals surface area contributed by atoms with Gasteiger partial charge in [-0.25, -0.2) is 4.98 Å². The van der Waals surface area contributed by atoms with Crippen molar-refractivity contribution in [2.24, 2.45) is 5.41 Å². The summed E-state index contributed by atoms with van der Waals surface area (Å²) in [4.78, 5) is 16.2. The Balaban J connectivity index is 2.48. The fourth-order valence-corrected chi connectivity index (χ4v) is 1.70. The molecule has 0 spiro atoms. The summed E-state index contributed by atoms with van der Waals surface area (Å²) >= 11 is 0. The van der Waals surface area contributed by atoms with Crippen LogP contribution >= 0.6 is 0 Å². The van der Waals surface area contributed by atoms with Gasteiger partial charge in [-0.15, -0.1) is 0 Å². The second kappa shape index (κ2) is 5.98. The first kappa shape index (κ1) is 16.7. The van der Waals surface area contributed by atoms with Gasteiger partial charge in [0.25, 0.3) is 0 Å². The van der Waals surface area contributed by atoms with Crippen LogP contribution in [0.2, 0.25) is 0 Å². The highest BCUT2D eigenvalue weighted by Crippen LogP contribution is 2.24. The van der Waals surface area contributed by atoms with Crippen LogP contribution in [0.5, 0.6) is 0 Å². The molecule has 1 amide bonds. The number of hydrogen-bond donors (Lipinski definition) is 1. The molecule has 1 aromatic heterocycles. The molecule has 0 saturated heterocycles. The summed E-state index contributed by atoms with van der Waals surface area (Å²) in [5.41, 5.74) is 0.558. The van der Waals surface area contributed by atoms with Gasteiger partial charge in [-0.3, -0.25) is 4.79 Å². The minimum Gasteiger partial charge on any atom is -0.445 e. The summed E-state index contributed by atoms with van der Waals surface area (Å²) in [5.74, 6) is 1.80. The monoisotopic (exact) mass is 280 g/mol. The van der Waals surface area contributed by atoms with E-state index in [2.05, 4.69) is 31.1 Å². The van der Waals surface area contributed by atoms with Gasteiger partial charge in [-0.1, -0.05) is 41.5 Å². The number of aryl methyl sites for hydroxylation is 2. The first-order valence-electron chi connectivity index (χ1n) is 7.27. The molecular weight excluding hydrogens is 252 g/mol. The maximum absolute atomic E-state index is 11.7. The number of nitrogens with one attached hydrogen (secondary N) is 1. The number of rotatable bonds is 4. The van der Waals surface area contributed by atoms with Gasteiger partial charge in [0.15, 0.2) is 5.89 Å². The van der Waals surface area contributed by atoms with E-state index in [1.54, 1.807) is 0 Å². The lowest BCUT2D eigenvalue weighted by Gasteiger charge is -2.17. The number of aromatic nitrogens is 1. The summed E-state index contributed by atoms with van der Waals surface area (Å²) in [7, 11) is 0. The third-order valence-electron chi connectivity index (χ3n) is 3.08. The molecule has 0 atom stereocenters. The summed E-state index contributed by atoms with van der Waals surface area (Å²) in [6, 6.07) is 0. The minimum absolute atomic E-state index is 0.0660. The van der Waals surface area contributed by atoms with Crippen LogP contribution in [0.1, 0.15) is 65.3 Å². The Morgan fingerprint density at radius 1 is 1.20 bits per heavy atom. The number of amides is 1. The van der Waals surface area contributed by atoms with Crippen LogP contribution in [0, 0.1) is 12.3 Å². The Hall–Kier alpha value is -1.32. The van der Waals surface area contributed by atoms with E-state index in [1.807, 2.05) is 27.7 Å². The van der Waals surface area contributed by atoms with Crippen LogP contribution in [0.3, 0.4) is 0 Å². The molecule has 1 N–H and O–H groups in total. The maximum Gasteiger partial charge on any atom is 0.225 e. The van der Waals surface area contributed by atoms with Crippen molar-refractivity contribution in [3.05, 3.63) is 17.3 Å². The van der Waals surface area contributed by atoms with Gasteiger partial charge in [0.2, 0.25) is 5.91 Å². The van der Waals surface area contributed by atoms with Crippen molar-refractivity contribution in [1.29, 1.82) is 0 Å². The molecule has 20 heavy (non-hydrogen) atoms. The minimum atomic E-state index is -0.332. The first-order chi connectivity index (χ1) is 9.01. The van der Waals surface area contributed by atoms with Gasteiger partial charge in [-0.2, -0.15) is 0 Å². The van der Waals surface area contributed by atoms with E-state index in [-0.39, 0.29) is 16.7 Å². The molecule has 4 heteroatoms. The molecule has 4 nitrogen and oxygen atoms in total. The van der Waals surface area contributed by atoms with Gasteiger partial charge < -0.3 is 9.73 Å². The van der Waals surface area contributed by atoms with Crippen molar-refractivity contribution in [3.8, 4) is 0 Å². The highest BCUT2D eigenvalue weighted by Gasteiger charge is 2.22. The van der Waals surface area contributed by atoms with E-state index in [9.17, 15) is 4.79 Å². The zero-order valence-electron chi connectivity index (χ0n) is 13.9. The van der Waals surface area contributed by atoms with Crippen LogP contribution in [-0.4, -0.2) is 17.4 Å². The van der Waals surface area contributed by atoms with Crippen molar-refractivity contribution in [2.75, 3.05) is 6.54 Å². The highest BCUT2D eigenvalue weighted by molar-refractivity contribution is 5.81. The Morgan fingerprint density at radius 2 is 1.80 bits per heavy atom. The van der Waals surface area contributed by atoms with E-state index in [4.69, 9.17) is 4.42 Å². The number of oxazole rings is 1. The van der Waals surface area contributed by atoms with Crippen LogP contribution in [-0.2, 0) is 16.6 Å². The Kier molecular flexibility index (Phi) is 5.00. The molecule has 0 saturated carbocycles. The average Bonchev–Trinajstić information content (AvgIpc) is 2.64. The second-order valence-electron chi connectivity index (χ2n) is 7.39. The molecule has 1 heterocycles. The summed E-state index contributed by atoms with van der Waals surface area (Å²) < 4.78 is 5.83. The lowest BCUT2D eigenvalue weighted by atomic mass is 9.96. The Labute approximate surface area is 122 Å². The molecule has 114 valence electrons. The predicted octanol–water partition coefficient (Wildman–Crippen LogP) is 3.38. The SMILES string of the molecule is Cc1nc(C(C)(C)C)oc1CCCNC(=O)C(C)(C)C. The van der Waals surface area contributed by atoms with Gasteiger partial charge in [-0.05, 0) is 13.3 Å². The largest absolute Gasteiger partial charge is 0.445 e. The van der Waals surface area contributed by atoms with Crippen molar-refractivity contribution in [3.63, 3.8) is 0 Å². The number of hydrogen-bond acceptors (Lipinski definition) is 3. The molecule has 0 radical (unpaired) electrons. The fourth-order valence-electron chi connectivity index (χ4n) is 1.70. The molecule has 0 aliphatic heterocycles. The molecular formula is C16H28N2O2. The van der Waals surface area contributed by atoms with Gasteiger partial charge >= 0.3 is 0 Å². The summed E-state index contributed by atoms with van der Waals surface area (Å²) in [6.45, 7) is 14.7. The van der Waals surface area contributed by atoms with Crippen LogP contribution in [0.25, 0.3) is 0 Å². The Morgan fingerprint density at radius 3 is 2.25 bits per heavy atom. The van der Waals surface area contributed by atoms with E-state index in [0.29, 0.717) is 6.54 Å². The summed E-state index contributed by atoms with van der Waals surface area (Å²) in [5, 5.41) is 2.95. The highest BCUT2D eigenvalue weighted by atomic mass is 16.4. The van der Waals surface area contributed by atoms with Crippen molar-refractivity contribution in [2.45, 2.75) is 66.7 Å². The van der Waals surface area contributed by atoms with E-state index in [0.717, 1.165) is 30.2 Å². The zero-order valence-corrected chi connectivity index (χ0v) is 13.9. The molecule has 0 aliphatic rings. The van der Waals surface area contributed by atoms with Gasteiger partial charge in [0.05, 0.1) is 5.69 Å². The molecule has 0 aromatic carbocycles.